The molecule has 0 aromatic heterocycles. The third-order valence-electron chi connectivity index (χ3n) is 3.60. The zero-order valence-electron chi connectivity index (χ0n) is 10.8. The summed E-state index contributed by atoms with van der Waals surface area (Å²) in [6, 6.07) is 6.62. The molecule has 1 fully saturated rings. The summed E-state index contributed by atoms with van der Waals surface area (Å²) < 4.78 is 13.3. The zero-order valence-corrected chi connectivity index (χ0v) is 10.8. The van der Waals surface area contributed by atoms with Crippen LogP contribution in [0.4, 0.5) is 4.39 Å². The van der Waals surface area contributed by atoms with Crippen molar-refractivity contribution in [1.82, 2.24) is 4.90 Å². The lowest BCUT2D eigenvalue weighted by molar-refractivity contribution is 0.273. The van der Waals surface area contributed by atoms with Gasteiger partial charge in [0.05, 0.1) is 11.6 Å². The van der Waals surface area contributed by atoms with Crippen molar-refractivity contribution < 1.29 is 4.39 Å². The van der Waals surface area contributed by atoms with Crippen molar-refractivity contribution in [3.05, 3.63) is 35.1 Å². The van der Waals surface area contributed by atoms with Crippen LogP contribution in [0.2, 0.25) is 0 Å². The molecule has 1 heterocycles. The van der Waals surface area contributed by atoms with E-state index in [-0.39, 0.29) is 5.82 Å². The Morgan fingerprint density at radius 2 is 2.17 bits per heavy atom. The Bertz CT molecular complexity index is 450. The molecule has 0 N–H and O–H groups in total. The molecular weight excluding hydrogens is 227 g/mol. The highest BCUT2D eigenvalue weighted by Gasteiger charge is 2.14. The first-order chi connectivity index (χ1) is 8.67. The van der Waals surface area contributed by atoms with Crippen LogP contribution in [0, 0.1) is 23.1 Å². The molecule has 0 amide bonds. The highest BCUT2D eigenvalue weighted by molar-refractivity contribution is 5.33. The van der Waals surface area contributed by atoms with Gasteiger partial charge < -0.3 is 0 Å². The lowest BCUT2D eigenvalue weighted by Gasteiger charge is -2.20. The third-order valence-corrected chi connectivity index (χ3v) is 3.60. The van der Waals surface area contributed by atoms with Crippen LogP contribution in [0.15, 0.2) is 18.2 Å². The largest absolute Gasteiger partial charge is 0.299 e. The second-order valence-electron chi connectivity index (χ2n) is 5.27. The van der Waals surface area contributed by atoms with Crippen molar-refractivity contribution in [3.63, 3.8) is 0 Å². The molecule has 0 aliphatic carbocycles. The predicted molar refractivity (Wildman–Crippen MR) is 69.4 cm³/mol. The summed E-state index contributed by atoms with van der Waals surface area (Å²) in [5.74, 6) is 0.476. The Balaban J connectivity index is 2.04. The van der Waals surface area contributed by atoms with Gasteiger partial charge in [0.1, 0.15) is 5.82 Å². The summed E-state index contributed by atoms with van der Waals surface area (Å²) in [6.07, 6.45) is 3.70. The maximum absolute atomic E-state index is 13.3. The molecule has 18 heavy (non-hydrogen) atoms. The number of benzene rings is 1. The van der Waals surface area contributed by atoms with Gasteiger partial charge in [0.15, 0.2) is 0 Å². The topological polar surface area (TPSA) is 27.0 Å². The first-order valence-corrected chi connectivity index (χ1v) is 6.59. The summed E-state index contributed by atoms with van der Waals surface area (Å²) in [5, 5.41) is 8.84. The van der Waals surface area contributed by atoms with E-state index in [9.17, 15) is 4.39 Å². The lowest BCUT2D eigenvalue weighted by Crippen LogP contribution is -2.24. The van der Waals surface area contributed by atoms with Crippen LogP contribution >= 0.6 is 0 Å². The molecule has 0 bridgehead atoms. The van der Waals surface area contributed by atoms with Gasteiger partial charge in [-0.3, -0.25) is 4.90 Å². The highest BCUT2D eigenvalue weighted by Crippen LogP contribution is 2.19. The quantitative estimate of drug-likeness (QED) is 0.800. The summed E-state index contributed by atoms with van der Waals surface area (Å²) in [4.78, 5) is 2.36. The van der Waals surface area contributed by atoms with Crippen molar-refractivity contribution in [1.29, 1.82) is 5.26 Å². The number of likely N-dealkylation sites (tertiary alicyclic amines) is 1. The van der Waals surface area contributed by atoms with E-state index < -0.39 is 0 Å². The van der Waals surface area contributed by atoms with Gasteiger partial charge in [-0.1, -0.05) is 6.92 Å². The van der Waals surface area contributed by atoms with Crippen LogP contribution in [-0.2, 0) is 6.54 Å². The normalized spacial score (nSPS) is 21.3. The van der Waals surface area contributed by atoms with E-state index in [1.165, 1.54) is 31.4 Å². The highest BCUT2D eigenvalue weighted by atomic mass is 19.1. The average molecular weight is 246 g/mol. The standard InChI is InChI=1S/C15H19FN2/c1-12-3-2-5-18(6-4-12)11-14-7-13(10-17)8-15(16)9-14/h7-9,12H,2-6,11H2,1H3. The molecule has 1 aliphatic rings. The van der Waals surface area contributed by atoms with Gasteiger partial charge in [-0.2, -0.15) is 5.26 Å². The van der Waals surface area contributed by atoms with E-state index in [0.717, 1.165) is 31.1 Å². The Hall–Kier alpha value is -1.40. The van der Waals surface area contributed by atoms with Crippen molar-refractivity contribution >= 4 is 0 Å². The predicted octanol–water partition coefficient (Wildman–Crippen LogP) is 3.32. The number of nitrogens with zero attached hydrogens (tertiary/aromatic N) is 2. The number of halogens is 1. The van der Waals surface area contributed by atoms with E-state index >= 15 is 0 Å². The third kappa shape index (κ3) is 3.54. The molecule has 0 saturated carbocycles. The molecule has 1 saturated heterocycles. The maximum atomic E-state index is 13.3. The van der Waals surface area contributed by atoms with Gasteiger partial charge in [-0.25, -0.2) is 4.39 Å². The summed E-state index contributed by atoms with van der Waals surface area (Å²) >= 11 is 0. The molecule has 2 nitrogen and oxygen atoms in total. The SMILES string of the molecule is CC1CCCN(Cc2cc(F)cc(C#N)c2)CC1. The molecule has 0 spiro atoms. The van der Waals surface area contributed by atoms with E-state index in [4.69, 9.17) is 5.26 Å². The minimum absolute atomic E-state index is 0.313. The Morgan fingerprint density at radius 1 is 1.33 bits per heavy atom. The molecule has 1 aromatic carbocycles. The lowest BCUT2D eigenvalue weighted by atomic mass is 10.0. The van der Waals surface area contributed by atoms with Crippen LogP contribution in [0.5, 0.6) is 0 Å². The van der Waals surface area contributed by atoms with Crippen LogP contribution in [0.3, 0.4) is 0 Å². The molecule has 0 radical (unpaired) electrons. The van der Waals surface area contributed by atoms with E-state index in [1.807, 2.05) is 6.07 Å². The van der Waals surface area contributed by atoms with Crippen LogP contribution in [0.1, 0.15) is 37.3 Å². The van der Waals surface area contributed by atoms with E-state index in [2.05, 4.69) is 11.8 Å². The van der Waals surface area contributed by atoms with Gasteiger partial charge in [0.25, 0.3) is 0 Å². The van der Waals surface area contributed by atoms with Crippen molar-refractivity contribution in [2.75, 3.05) is 13.1 Å². The van der Waals surface area contributed by atoms with Crippen molar-refractivity contribution in [3.8, 4) is 6.07 Å². The van der Waals surface area contributed by atoms with Crippen molar-refractivity contribution in [2.45, 2.75) is 32.7 Å². The van der Waals surface area contributed by atoms with Crippen LogP contribution in [-0.4, -0.2) is 18.0 Å². The molecular formula is C15H19FN2. The Morgan fingerprint density at radius 3 is 2.94 bits per heavy atom. The molecule has 1 unspecified atom stereocenters. The molecule has 1 aliphatic heterocycles. The molecule has 2 rings (SSSR count). The number of hydrogen-bond donors (Lipinski definition) is 0. The van der Waals surface area contributed by atoms with Gasteiger partial charge in [-0.15, -0.1) is 0 Å². The number of hydrogen-bond acceptors (Lipinski definition) is 2. The molecule has 1 aromatic rings. The van der Waals surface area contributed by atoms with Gasteiger partial charge >= 0.3 is 0 Å². The zero-order chi connectivity index (χ0) is 13.0. The first-order valence-electron chi connectivity index (χ1n) is 6.59. The van der Waals surface area contributed by atoms with Crippen LogP contribution < -0.4 is 0 Å². The number of nitriles is 1. The minimum Gasteiger partial charge on any atom is -0.299 e. The summed E-state index contributed by atoms with van der Waals surface area (Å²) in [5.41, 5.74) is 1.31. The second-order valence-corrected chi connectivity index (χ2v) is 5.27. The number of rotatable bonds is 2. The molecule has 3 heteroatoms. The van der Waals surface area contributed by atoms with E-state index in [1.54, 1.807) is 6.07 Å². The fourth-order valence-electron chi connectivity index (χ4n) is 2.55. The average Bonchev–Trinajstić information content (AvgIpc) is 2.54. The monoisotopic (exact) mass is 246 g/mol. The van der Waals surface area contributed by atoms with E-state index in [0.29, 0.717) is 5.56 Å². The summed E-state index contributed by atoms with van der Waals surface area (Å²) in [6.45, 7) is 5.18. The maximum Gasteiger partial charge on any atom is 0.124 e. The van der Waals surface area contributed by atoms with Gasteiger partial charge in [0, 0.05) is 6.54 Å². The Kier molecular flexibility index (Phi) is 4.33. The summed E-state index contributed by atoms with van der Waals surface area (Å²) in [7, 11) is 0. The molecule has 96 valence electrons. The fourth-order valence-corrected chi connectivity index (χ4v) is 2.55. The minimum atomic E-state index is -0.313. The van der Waals surface area contributed by atoms with Gasteiger partial charge in [-0.05, 0) is 62.0 Å². The fraction of sp³-hybridized carbons (Fsp3) is 0.533. The van der Waals surface area contributed by atoms with Gasteiger partial charge in [0.2, 0.25) is 0 Å². The van der Waals surface area contributed by atoms with Crippen molar-refractivity contribution in [2.24, 2.45) is 5.92 Å². The first kappa shape index (κ1) is 13.0. The molecule has 1 atom stereocenters. The Labute approximate surface area is 108 Å². The smallest absolute Gasteiger partial charge is 0.124 e. The van der Waals surface area contributed by atoms with Crippen LogP contribution in [0.25, 0.3) is 0 Å². The second kappa shape index (κ2) is 5.97.